The lowest BCUT2D eigenvalue weighted by molar-refractivity contribution is -0.114. The molecule has 0 fully saturated rings. The second kappa shape index (κ2) is 10.4. The number of hydrogen-bond donors (Lipinski definition) is 1. The van der Waals surface area contributed by atoms with Gasteiger partial charge in [0.2, 0.25) is 5.75 Å². The summed E-state index contributed by atoms with van der Waals surface area (Å²) in [7, 11) is 0. The number of benzene rings is 2. The van der Waals surface area contributed by atoms with E-state index in [1.165, 1.54) is 6.08 Å². The predicted octanol–water partition coefficient (Wildman–Crippen LogP) is 4.72. The van der Waals surface area contributed by atoms with Crippen molar-refractivity contribution in [2.24, 2.45) is 10.2 Å². The van der Waals surface area contributed by atoms with Gasteiger partial charge >= 0.3 is 0 Å². The van der Waals surface area contributed by atoms with E-state index in [1.807, 2.05) is 39.0 Å². The third-order valence-corrected chi connectivity index (χ3v) is 4.40. The van der Waals surface area contributed by atoms with Crippen molar-refractivity contribution in [1.82, 2.24) is 0 Å². The fourth-order valence-electron chi connectivity index (χ4n) is 3.11. The molecule has 1 unspecified atom stereocenters. The quantitative estimate of drug-likeness (QED) is 0.629. The summed E-state index contributed by atoms with van der Waals surface area (Å²) in [5.41, 5.74) is 1.66. The molecule has 1 aliphatic heterocycles. The van der Waals surface area contributed by atoms with Gasteiger partial charge in [-0.1, -0.05) is 18.2 Å². The summed E-state index contributed by atoms with van der Waals surface area (Å²) in [5, 5.41) is 10.5. The van der Waals surface area contributed by atoms with Gasteiger partial charge in [0, 0.05) is 22.9 Å². The van der Waals surface area contributed by atoms with Crippen LogP contribution in [0.2, 0.25) is 0 Å². The van der Waals surface area contributed by atoms with Crippen molar-refractivity contribution < 1.29 is 23.8 Å². The van der Waals surface area contributed by atoms with E-state index in [4.69, 9.17) is 14.2 Å². The van der Waals surface area contributed by atoms with Crippen molar-refractivity contribution >= 4 is 17.5 Å². The fourth-order valence-corrected chi connectivity index (χ4v) is 3.11. The van der Waals surface area contributed by atoms with Crippen LogP contribution < -0.4 is 19.5 Å². The van der Waals surface area contributed by atoms with Gasteiger partial charge in [-0.3, -0.25) is 9.59 Å². The molecule has 31 heavy (non-hydrogen) atoms. The molecule has 1 aliphatic rings. The Morgan fingerprint density at radius 3 is 2.23 bits per heavy atom. The summed E-state index contributed by atoms with van der Waals surface area (Å²) in [6.07, 6.45) is 3.02. The van der Waals surface area contributed by atoms with Gasteiger partial charge in [0.05, 0.1) is 19.8 Å². The number of para-hydroxylation sites is 1. The van der Waals surface area contributed by atoms with Crippen LogP contribution in [0.25, 0.3) is 0 Å². The summed E-state index contributed by atoms with van der Waals surface area (Å²) in [6.45, 7) is 6.85. The maximum Gasteiger partial charge on any atom is 0.287 e. The van der Waals surface area contributed by atoms with E-state index in [2.05, 4.69) is 15.5 Å². The smallest absolute Gasteiger partial charge is 0.287 e. The first-order valence-corrected chi connectivity index (χ1v) is 10.2. The normalized spacial score (nSPS) is 14.9. The zero-order valence-electron chi connectivity index (χ0n) is 17.8. The van der Waals surface area contributed by atoms with Crippen LogP contribution in [0, 0.1) is 0 Å². The Bertz CT molecular complexity index is 973. The van der Waals surface area contributed by atoms with Gasteiger partial charge in [-0.2, -0.15) is 5.11 Å². The standard InChI is InChI=1S/C23H25N3O5/c1-4-29-19-13-15(14-20(30-5-2)22(19)31-6-3)23(28)24-17-10-8-7-9-16(17)18-11-12-21(27)26-25-18/h7-14,18H,4-6H2,1-3H3,(H,24,28). The molecule has 8 nitrogen and oxygen atoms in total. The van der Waals surface area contributed by atoms with Gasteiger partial charge in [0.1, 0.15) is 6.04 Å². The van der Waals surface area contributed by atoms with Crippen LogP contribution in [0.15, 0.2) is 58.8 Å². The van der Waals surface area contributed by atoms with E-state index < -0.39 is 11.9 Å². The number of nitrogens with one attached hydrogen (secondary N) is 1. The van der Waals surface area contributed by atoms with Crippen molar-refractivity contribution in [3.63, 3.8) is 0 Å². The van der Waals surface area contributed by atoms with E-state index in [1.54, 1.807) is 24.3 Å². The second-order valence-corrected chi connectivity index (χ2v) is 6.50. The lowest BCUT2D eigenvalue weighted by Crippen LogP contribution is -2.15. The summed E-state index contributed by atoms with van der Waals surface area (Å²) in [5.74, 6) is 0.609. The molecule has 0 aliphatic carbocycles. The van der Waals surface area contributed by atoms with Gasteiger partial charge in [0.25, 0.3) is 11.8 Å². The summed E-state index contributed by atoms with van der Waals surface area (Å²) >= 11 is 0. The molecule has 0 spiro atoms. The van der Waals surface area contributed by atoms with Crippen LogP contribution in [0.3, 0.4) is 0 Å². The van der Waals surface area contributed by atoms with Crippen molar-refractivity contribution in [2.75, 3.05) is 25.1 Å². The lowest BCUT2D eigenvalue weighted by Gasteiger charge is -2.18. The minimum atomic E-state index is -0.451. The average molecular weight is 423 g/mol. The molecule has 2 amide bonds. The number of hydrogen-bond acceptors (Lipinski definition) is 6. The van der Waals surface area contributed by atoms with Crippen molar-refractivity contribution in [2.45, 2.75) is 26.8 Å². The topological polar surface area (TPSA) is 98.6 Å². The molecular weight excluding hydrogens is 398 g/mol. The monoisotopic (exact) mass is 423 g/mol. The zero-order valence-corrected chi connectivity index (χ0v) is 17.8. The largest absolute Gasteiger partial charge is 0.490 e. The second-order valence-electron chi connectivity index (χ2n) is 6.50. The van der Waals surface area contributed by atoms with Crippen LogP contribution >= 0.6 is 0 Å². The SMILES string of the molecule is CCOc1cc(C(=O)Nc2ccccc2C2C=CC(=O)N=N2)cc(OCC)c1OCC. The van der Waals surface area contributed by atoms with Crippen molar-refractivity contribution in [3.8, 4) is 17.2 Å². The van der Waals surface area contributed by atoms with Crippen LogP contribution in [0.4, 0.5) is 5.69 Å². The number of anilines is 1. The minimum Gasteiger partial charge on any atom is -0.490 e. The van der Waals surface area contributed by atoms with E-state index >= 15 is 0 Å². The molecule has 1 atom stereocenters. The first-order valence-electron chi connectivity index (χ1n) is 10.2. The summed E-state index contributed by atoms with van der Waals surface area (Å²) < 4.78 is 17.1. The number of carbonyl (C=O) groups is 2. The lowest BCUT2D eigenvalue weighted by atomic mass is 10.0. The molecule has 0 radical (unpaired) electrons. The van der Waals surface area contributed by atoms with Gasteiger partial charge in [-0.25, -0.2) is 0 Å². The maximum absolute atomic E-state index is 13.1. The highest BCUT2D eigenvalue weighted by Crippen LogP contribution is 2.39. The Labute approximate surface area is 180 Å². The number of rotatable bonds is 9. The van der Waals surface area contributed by atoms with Gasteiger partial charge in [-0.15, -0.1) is 5.11 Å². The zero-order chi connectivity index (χ0) is 22.2. The minimum absolute atomic E-state index is 0.342. The van der Waals surface area contributed by atoms with Crippen molar-refractivity contribution in [3.05, 3.63) is 59.7 Å². The Morgan fingerprint density at radius 2 is 1.65 bits per heavy atom. The highest BCUT2D eigenvalue weighted by molar-refractivity contribution is 6.05. The Balaban J connectivity index is 1.93. The molecule has 1 heterocycles. The van der Waals surface area contributed by atoms with Gasteiger partial charge < -0.3 is 19.5 Å². The third kappa shape index (κ3) is 5.28. The highest BCUT2D eigenvalue weighted by atomic mass is 16.5. The first-order chi connectivity index (χ1) is 15.1. The van der Waals surface area contributed by atoms with Crippen molar-refractivity contribution in [1.29, 1.82) is 0 Å². The molecule has 0 bridgehead atoms. The van der Waals surface area contributed by atoms with Crippen LogP contribution in [-0.4, -0.2) is 31.6 Å². The predicted molar refractivity (Wildman–Crippen MR) is 116 cm³/mol. The molecule has 0 aromatic heterocycles. The molecule has 2 aromatic rings. The summed E-state index contributed by atoms with van der Waals surface area (Å²) in [4.78, 5) is 24.4. The van der Waals surface area contributed by atoms with E-state index in [0.29, 0.717) is 48.3 Å². The molecule has 1 N–H and O–H groups in total. The molecule has 162 valence electrons. The Morgan fingerprint density at radius 1 is 1.00 bits per heavy atom. The molecule has 3 rings (SSSR count). The molecular formula is C23H25N3O5. The number of azo groups is 1. The van der Waals surface area contributed by atoms with E-state index in [0.717, 1.165) is 5.56 Å². The van der Waals surface area contributed by atoms with Gasteiger partial charge in [0.15, 0.2) is 11.5 Å². The third-order valence-electron chi connectivity index (χ3n) is 4.40. The number of amides is 2. The van der Waals surface area contributed by atoms with Crippen LogP contribution in [0.1, 0.15) is 42.7 Å². The number of carbonyl (C=O) groups excluding carboxylic acids is 2. The highest BCUT2D eigenvalue weighted by Gasteiger charge is 2.21. The maximum atomic E-state index is 13.1. The molecule has 0 saturated heterocycles. The number of ether oxygens (including phenoxy) is 3. The fraction of sp³-hybridized carbons (Fsp3) is 0.304. The molecule has 8 heteroatoms. The van der Waals surface area contributed by atoms with E-state index in [9.17, 15) is 9.59 Å². The Hall–Kier alpha value is -3.68. The van der Waals surface area contributed by atoms with Gasteiger partial charge in [-0.05, 0) is 45.0 Å². The number of nitrogens with zero attached hydrogens (tertiary/aromatic N) is 2. The summed E-state index contributed by atoms with van der Waals surface area (Å²) in [6, 6.07) is 10.1. The van der Waals surface area contributed by atoms with Crippen LogP contribution in [0.5, 0.6) is 17.2 Å². The average Bonchev–Trinajstić information content (AvgIpc) is 2.77. The van der Waals surface area contributed by atoms with Crippen LogP contribution in [-0.2, 0) is 4.79 Å². The van der Waals surface area contributed by atoms with E-state index in [-0.39, 0.29) is 5.91 Å². The Kier molecular flexibility index (Phi) is 7.37. The first kappa shape index (κ1) is 22.0. The molecule has 0 saturated carbocycles. The molecule has 2 aromatic carbocycles.